The lowest BCUT2D eigenvalue weighted by Gasteiger charge is -2.16. The number of aromatic nitrogens is 1. The quantitative estimate of drug-likeness (QED) is 0.615. The van der Waals surface area contributed by atoms with E-state index in [9.17, 15) is 0 Å². The van der Waals surface area contributed by atoms with Gasteiger partial charge in [-0.15, -0.1) is 0 Å². The summed E-state index contributed by atoms with van der Waals surface area (Å²) in [5, 5.41) is 6.61. The number of hydrogen-bond donors (Lipinski definition) is 2. The SMILES string of the molecule is CN=C(NCc1ccc(C)cc1OC)NCc1ncc(C)c(OC)c1C. The summed E-state index contributed by atoms with van der Waals surface area (Å²) < 4.78 is 10.9. The number of pyridine rings is 1. The minimum absolute atomic E-state index is 0.563. The van der Waals surface area contributed by atoms with Gasteiger partial charge in [0.05, 0.1) is 26.5 Å². The summed E-state index contributed by atoms with van der Waals surface area (Å²) >= 11 is 0. The molecule has 0 aliphatic carbocycles. The normalized spacial score (nSPS) is 11.2. The molecule has 1 aromatic carbocycles. The second-order valence-electron chi connectivity index (χ2n) is 6.14. The zero-order chi connectivity index (χ0) is 19.1. The highest BCUT2D eigenvalue weighted by Crippen LogP contribution is 2.23. The number of benzene rings is 1. The van der Waals surface area contributed by atoms with Crippen molar-refractivity contribution in [2.75, 3.05) is 21.3 Å². The Balaban J connectivity index is 2.01. The molecule has 26 heavy (non-hydrogen) atoms. The molecule has 0 fully saturated rings. The minimum atomic E-state index is 0.563. The Kier molecular flexibility index (Phi) is 6.83. The largest absolute Gasteiger partial charge is 0.496 e. The van der Waals surface area contributed by atoms with Crippen molar-refractivity contribution in [3.8, 4) is 11.5 Å². The highest BCUT2D eigenvalue weighted by molar-refractivity contribution is 5.79. The number of rotatable bonds is 6. The molecule has 0 saturated heterocycles. The van der Waals surface area contributed by atoms with Gasteiger partial charge in [-0.3, -0.25) is 9.98 Å². The first kappa shape index (κ1) is 19.6. The van der Waals surface area contributed by atoms with Crippen molar-refractivity contribution in [1.29, 1.82) is 0 Å². The van der Waals surface area contributed by atoms with E-state index in [0.29, 0.717) is 19.0 Å². The Labute approximate surface area is 155 Å². The lowest BCUT2D eigenvalue weighted by atomic mass is 10.1. The van der Waals surface area contributed by atoms with Crippen LogP contribution in [0, 0.1) is 20.8 Å². The standard InChI is InChI=1S/C20H28N4O2/c1-13-7-8-16(18(9-13)25-5)11-23-20(21-4)24-12-17-15(3)19(26-6)14(2)10-22-17/h7-10H,11-12H2,1-6H3,(H2,21,23,24). The molecule has 0 atom stereocenters. The van der Waals surface area contributed by atoms with Crippen LogP contribution in [-0.2, 0) is 13.1 Å². The first-order chi connectivity index (χ1) is 12.5. The molecular formula is C20H28N4O2. The third kappa shape index (κ3) is 4.65. The summed E-state index contributed by atoms with van der Waals surface area (Å²) in [7, 11) is 5.12. The molecule has 0 aliphatic heterocycles. The van der Waals surface area contributed by atoms with Crippen LogP contribution in [0.15, 0.2) is 29.4 Å². The smallest absolute Gasteiger partial charge is 0.191 e. The van der Waals surface area contributed by atoms with Crippen molar-refractivity contribution in [1.82, 2.24) is 15.6 Å². The van der Waals surface area contributed by atoms with Gasteiger partial charge >= 0.3 is 0 Å². The second-order valence-corrected chi connectivity index (χ2v) is 6.14. The molecule has 0 amide bonds. The predicted molar refractivity (Wildman–Crippen MR) is 105 cm³/mol. The van der Waals surface area contributed by atoms with E-state index in [4.69, 9.17) is 9.47 Å². The molecule has 1 aromatic heterocycles. The monoisotopic (exact) mass is 356 g/mol. The van der Waals surface area contributed by atoms with Gasteiger partial charge in [0.15, 0.2) is 5.96 Å². The topological polar surface area (TPSA) is 67.8 Å². The molecule has 2 rings (SSSR count). The molecule has 2 aromatic rings. The van der Waals surface area contributed by atoms with Gasteiger partial charge in [-0.25, -0.2) is 0 Å². The molecule has 0 unspecified atom stereocenters. The molecule has 6 nitrogen and oxygen atoms in total. The van der Waals surface area contributed by atoms with Gasteiger partial charge in [0.25, 0.3) is 0 Å². The summed E-state index contributed by atoms with van der Waals surface area (Å²) in [5.41, 5.74) is 5.25. The zero-order valence-electron chi connectivity index (χ0n) is 16.4. The zero-order valence-corrected chi connectivity index (χ0v) is 16.4. The van der Waals surface area contributed by atoms with Crippen molar-refractivity contribution in [3.63, 3.8) is 0 Å². The van der Waals surface area contributed by atoms with Crippen molar-refractivity contribution in [2.24, 2.45) is 4.99 Å². The van der Waals surface area contributed by atoms with Gasteiger partial charge < -0.3 is 20.1 Å². The van der Waals surface area contributed by atoms with Gasteiger partial charge in [-0.05, 0) is 32.4 Å². The fourth-order valence-electron chi connectivity index (χ4n) is 2.81. The summed E-state index contributed by atoms with van der Waals surface area (Å²) in [5.74, 6) is 2.45. The van der Waals surface area contributed by atoms with Crippen molar-refractivity contribution in [3.05, 3.63) is 52.3 Å². The van der Waals surface area contributed by atoms with Crippen LogP contribution in [0.5, 0.6) is 11.5 Å². The van der Waals surface area contributed by atoms with Gasteiger partial charge in [-0.2, -0.15) is 0 Å². The number of nitrogens with one attached hydrogen (secondary N) is 2. The number of hydrogen-bond acceptors (Lipinski definition) is 4. The van der Waals surface area contributed by atoms with E-state index < -0.39 is 0 Å². The number of nitrogens with zero attached hydrogens (tertiary/aromatic N) is 2. The van der Waals surface area contributed by atoms with E-state index in [0.717, 1.165) is 33.9 Å². The van der Waals surface area contributed by atoms with E-state index >= 15 is 0 Å². The maximum absolute atomic E-state index is 5.46. The highest BCUT2D eigenvalue weighted by atomic mass is 16.5. The Hall–Kier alpha value is -2.76. The maximum Gasteiger partial charge on any atom is 0.191 e. The fourth-order valence-corrected chi connectivity index (χ4v) is 2.81. The maximum atomic E-state index is 5.46. The fraction of sp³-hybridized carbons (Fsp3) is 0.400. The highest BCUT2D eigenvalue weighted by Gasteiger charge is 2.10. The average molecular weight is 356 g/mol. The number of guanidine groups is 1. The second kappa shape index (κ2) is 9.08. The third-order valence-corrected chi connectivity index (χ3v) is 4.29. The van der Waals surface area contributed by atoms with Gasteiger partial charge in [0, 0.05) is 36.5 Å². The Morgan fingerprint density at radius 2 is 1.81 bits per heavy atom. The molecule has 0 saturated carbocycles. The van der Waals surface area contributed by atoms with Gasteiger partial charge in [-0.1, -0.05) is 12.1 Å². The van der Waals surface area contributed by atoms with Crippen molar-refractivity contribution in [2.45, 2.75) is 33.9 Å². The van der Waals surface area contributed by atoms with E-state index in [2.05, 4.69) is 32.7 Å². The van der Waals surface area contributed by atoms with Crippen LogP contribution in [0.3, 0.4) is 0 Å². The number of aliphatic imine (C=N–C) groups is 1. The summed E-state index contributed by atoms with van der Waals surface area (Å²) in [4.78, 5) is 8.78. The molecule has 0 bridgehead atoms. The van der Waals surface area contributed by atoms with E-state index in [1.807, 2.05) is 33.0 Å². The molecule has 0 radical (unpaired) electrons. The Bertz CT molecular complexity index is 788. The molecule has 140 valence electrons. The van der Waals surface area contributed by atoms with Crippen molar-refractivity contribution < 1.29 is 9.47 Å². The third-order valence-electron chi connectivity index (χ3n) is 4.29. The first-order valence-corrected chi connectivity index (χ1v) is 8.57. The Morgan fingerprint density at radius 3 is 2.46 bits per heavy atom. The minimum Gasteiger partial charge on any atom is -0.496 e. The van der Waals surface area contributed by atoms with Crippen LogP contribution in [-0.4, -0.2) is 32.2 Å². The van der Waals surface area contributed by atoms with Crippen LogP contribution in [0.1, 0.15) is 27.9 Å². The van der Waals surface area contributed by atoms with Crippen LogP contribution in [0.25, 0.3) is 0 Å². The van der Waals surface area contributed by atoms with Gasteiger partial charge in [0.2, 0.25) is 0 Å². The van der Waals surface area contributed by atoms with Crippen LogP contribution >= 0.6 is 0 Å². The molecular weight excluding hydrogens is 328 g/mol. The Morgan fingerprint density at radius 1 is 1.08 bits per heavy atom. The van der Waals surface area contributed by atoms with E-state index in [1.54, 1.807) is 21.3 Å². The van der Waals surface area contributed by atoms with E-state index in [1.165, 1.54) is 5.56 Å². The molecule has 1 heterocycles. The van der Waals surface area contributed by atoms with Crippen LogP contribution in [0.4, 0.5) is 0 Å². The molecule has 6 heteroatoms. The summed E-state index contributed by atoms with van der Waals surface area (Å²) in [6, 6.07) is 6.16. The summed E-state index contributed by atoms with van der Waals surface area (Å²) in [6.45, 7) is 7.24. The van der Waals surface area contributed by atoms with Crippen molar-refractivity contribution >= 4 is 5.96 Å². The van der Waals surface area contributed by atoms with Crippen LogP contribution in [0.2, 0.25) is 0 Å². The number of aryl methyl sites for hydroxylation is 2. The lowest BCUT2D eigenvalue weighted by molar-refractivity contribution is 0.406. The first-order valence-electron chi connectivity index (χ1n) is 8.57. The van der Waals surface area contributed by atoms with E-state index in [-0.39, 0.29) is 0 Å². The molecule has 2 N–H and O–H groups in total. The molecule has 0 spiro atoms. The van der Waals surface area contributed by atoms with Crippen LogP contribution < -0.4 is 20.1 Å². The van der Waals surface area contributed by atoms with Gasteiger partial charge in [0.1, 0.15) is 11.5 Å². The number of ether oxygens (including phenoxy) is 2. The lowest BCUT2D eigenvalue weighted by Crippen LogP contribution is -2.36. The molecule has 0 aliphatic rings. The summed E-state index contributed by atoms with van der Waals surface area (Å²) in [6.07, 6.45) is 1.83. The predicted octanol–water partition coefficient (Wildman–Crippen LogP) is 2.89. The average Bonchev–Trinajstić information content (AvgIpc) is 2.64. The number of methoxy groups -OCH3 is 2.